The number of nitrogen functional groups attached to an aromatic ring is 1. The van der Waals surface area contributed by atoms with E-state index in [1.807, 2.05) is 4.90 Å². The van der Waals surface area contributed by atoms with Gasteiger partial charge in [-0.3, -0.25) is 10.1 Å². The number of rotatable bonds is 11. The molecular weight excluding hydrogens is 557 g/mol. The second-order valence-corrected chi connectivity index (χ2v) is 11.1. The van der Waals surface area contributed by atoms with Crippen LogP contribution in [0.1, 0.15) is 21.9 Å². The predicted molar refractivity (Wildman–Crippen MR) is 143 cm³/mol. The SMILES string of the molecule is Cc1csc([N+](=O)[O-])c1C(c1ccc(N)cc1Cl)S(=O)(=O)Oc1ccc(N(CCCl)CCCl)cc1. The van der Waals surface area contributed by atoms with E-state index in [0.29, 0.717) is 36.1 Å². The summed E-state index contributed by atoms with van der Waals surface area (Å²) in [6.07, 6.45) is 0. The number of benzene rings is 2. The van der Waals surface area contributed by atoms with Gasteiger partial charge in [-0.25, -0.2) is 0 Å². The van der Waals surface area contributed by atoms with Gasteiger partial charge in [0.25, 0.3) is 0 Å². The molecule has 188 valence electrons. The molecule has 0 spiro atoms. The molecule has 35 heavy (non-hydrogen) atoms. The first-order valence-electron chi connectivity index (χ1n) is 10.3. The summed E-state index contributed by atoms with van der Waals surface area (Å²) in [5, 5.41) is 11.4. The van der Waals surface area contributed by atoms with Gasteiger partial charge in [0, 0.05) is 46.6 Å². The van der Waals surface area contributed by atoms with Crippen molar-refractivity contribution in [2.45, 2.75) is 12.2 Å². The van der Waals surface area contributed by atoms with Gasteiger partial charge >= 0.3 is 15.1 Å². The molecule has 0 radical (unpaired) electrons. The number of hydrogen-bond acceptors (Lipinski definition) is 8. The summed E-state index contributed by atoms with van der Waals surface area (Å²) in [4.78, 5) is 13.0. The Hall–Kier alpha value is -2.24. The maximum absolute atomic E-state index is 13.6. The number of anilines is 2. The van der Waals surface area contributed by atoms with Crippen molar-refractivity contribution in [3.63, 3.8) is 0 Å². The summed E-state index contributed by atoms with van der Waals surface area (Å²) < 4.78 is 32.7. The molecule has 0 amide bonds. The topological polar surface area (TPSA) is 116 Å². The summed E-state index contributed by atoms with van der Waals surface area (Å²) in [6, 6.07) is 10.7. The first kappa shape index (κ1) is 27.3. The Bertz CT molecular complexity index is 1290. The Morgan fingerprint density at radius 1 is 1.14 bits per heavy atom. The van der Waals surface area contributed by atoms with Crippen LogP contribution < -0.4 is 14.8 Å². The number of thiophene rings is 1. The fourth-order valence-electron chi connectivity index (χ4n) is 3.58. The molecule has 0 aliphatic carbocycles. The summed E-state index contributed by atoms with van der Waals surface area (Å²) in [7, 11) is -4.50. The number of nitrogens with two attached hydrogens (primary N) is 1. The molecule has 3 aromatic rings. The Morgan fingerprint density at radius 2 is 1.77 bits per heavy atom. The zero-order valence-electron chi connectivity index (χ0n) is 18.5. The minimum Gasteiger partial charge on any atom is -0.399 e. The van der Waals surface area contributed by atoms with Gasteiger partial charge in [0.1, 0.15) is 5.75 Å². The number of aryl methyl sites for hydroxylation is 1. The summed E-state index contributed by atoms with van der Waals surface area (Å²) in [6.45, 7) is 2.72. The predicted octanol–water partition coefficient (Wildman–Crippen LogP) is 5.98. The van der Waals surface area contributed by atoms with Crippen molar-refractivity contribution in [2.75, 3.05) is 35.5 Å². The van der Waals surface area contributed by atoms with Gasteiger partial charge in [0.15, 0.2) is 5.25 Å². The quantitative estimate of drug-likeness (QED) is 0.0978. The smallest absolute Gasteiger partial charge is 0.329 e. The van der Waals surface area contributed by atoms with Crippen LogP contribution in [0.5, 0.6) is 5.75 Å². The molecule has 0 saturated heterocycles. The monoisotopic (exact) mass is 577 g/mol. The normalized spacial score (nSPS) is 12.3. The standard InChI is InChI=1S/C22H22Cl3N3O5S2/c1-14-13-34-22(28(29)30)20(14)21(18-7-2-15(26)12-19(18)25)35(31,32)33-17-5-3-16(4-6-17)27(10-8-23)11-9-24/h2-7,12-13,21H,8-11,26H2,1H3. The van der Waals surface area contributed by atoms with Crippen molar-refractivity contribution in [1.29, 1.82) is 0 Å². The van der Waals surface area contributed by atoms with E-state index >= 15 is 0 Å². The highest BCUT2D eigenvalue weighted by atomic mass is 35.5. The lowest BCUT2D eigenvalue weighted by Crippen LogP contribution is -2.27. The van der Waals surface area contributed by atoms with E-state index < -0.39 is 20.3 Å². The molecule has 0 fully saturated rings. The molecule has 0 saturated carbocycles. The van der Waals surface area contributed by atoms with Crippen molar-refractivity contribution < 1.29 is 17.5 Å². The first-order chi connectivity index (χ1) is 16.6. The highest BCUT2D eigenvalue weighted by molar-refractivity contribution is 7.87. The van der Waals surface area contributed by atoms with E-state index in [9.17, 15) is 18.5 Å². The number of hydrogen-bond donors (Lipinski definition) is 1. The van der Waals surface area contributed by atoms with Gasteiger partial charge in [0.05, 0.1) is 10.5 Å². The first-order valence-corrected chi connectivity index (χ1v) is 14.1. The molecule has 2 aromatic carbocycles. The maximum Gasteiger partial charge on any atom is 0.329 e. The molecule has 2 N–H and O–H groups in total. The molecule has 1 heterocycles. The molecule has 1 aromatic heterocycles. The lowest BCUT2D eigenvalue weighted by Gasteiger charge is -2.23. The van der Waals surface area contributed by atoms with Crippen LogP contribution in [0.25, 0.3) is 0 Å². The van der Waals surface area contributed by atoms with E-state index in [1.54, 1.807) is 19.1 Å². The van der Waals surface area contributed by atoms with Crippen LogP contribution in [-0.4, -0.2) is 38.2 Å². The lowest BCUT2D eigenvalue weighted by atomic mass is 10.0. The van der Waals surface area contributed by atoms with Crippen LogP contribution in [0.4, 0.5) is 16.4 Å². The minimum atomic E-state index is -4.50. The van der Waals surface area contributed by atoms with Crippen LogP contribution in [-0.2, 0) is 10.1 Å². The molecule has 1 unspecified atom stereocenters. The van der Waals surface area contributed by atoms with E-state index in [1.165, 1.54) is 35.7 Å². The van der Waals surface area contributed by atoms with E-state index in [0.717, 1.165) is 17.0 Å². The van der Waals surface area contributed by atoms with Gasteiger partial charge in [-0.2, -0.15) is 8.42 Å². The highest BCUT2D eigenvalue weighted by Gasteiger charge is 2.40. The molecule has 0 aliphatic heterocycles. The molecule has 0 aliphatic rings. The summed E-state index contributed by atoms with van der Waals surface area (Å²) in [5.41, 5.74) is 7.44. The number of nitrogens with zero attached hydrogens (tertiary/aromatic N) is 2. The largest absolute Gasteiger partial charge is 0.399 e. The zero-order chi connectivity index (χ0) is 25.8. The van der Waals surface area contributed by atoms with Crippen LogP contribution in [0, 0.1) is 17.0 Å². The van der Waals surface area contributed by atoms with Crippen LogP contribution in [0.2, 0.25) is 5.02 Å². The van der Waals surface area contributed by atoms with Gasteiger partial charge in [0.2, 0.25) is 0 Å². The summed E-state index contributed by atoms with van der Waals surface area (Å²) in [5.74, 6) is 0.830. The number of halogens is 3. The molecule has 1 atom stereocenters. The Balaban J connectivity index is 2.05. The number of alkyl halides is 2. The third kappa shape index (κ3) is 6.31. The molecule has 3 rings (SSSR count). The van der Waals surface area contributed by atoms with Crippen LogP contribution in [0.15, 0.2) is 47.8 Å². The Kier molecular flexibility index (Phi) is 9.11. The maximum atomic E-state index is 13.6. The van der Waals surface area contributed by atoms with E-state index in [-0.39, 0.29) is 26.9 Å². The molecule has 8 nitrogen and oxygen atoms in total. The van der Waals surface area contributed by atoms with Gasteiger partial charge in [-0.1, -0.05) is 29.0 Å². The Labute approximate surface area is 222 Å². The van der Waals surface area contributed by atoms with Crippen molar-refractivity contribution >= 4 is 72.6 Å². The van der Waals surface area contributed by atoms with E-state index in [4.69, 9.17) is 44.7 Å². The van der Waals surface area contributed by atoms with Crippen molar-refractivity contribution in [3.05, 3.63) is 79.7 Å². The van der Waals surface area contributed by atoms with Gasteiger partial charge < -0.3 is 14.8 Å². The zero-order valence-corrected chi connectivity index (χ0v) is 22.4. The van der Waals surface area contributed by atoms with Crippen molar-refractivity contribution in [2.24, 2.45) is 0 Å². The van der Waals surface area contributed by atoms with E-state index in [2.05, 4.69) is 0 Å². The van der Waals surface area contributed by atoms with Crippen molar-refractivity contribution in [1.82, 2.24) is 0 Å². The average molecular weight is 579 g/mol. The lowest BCUT2D eigenvalue weighted by molar-refractivity contribution is -0.380. The molecule has 13 heteroatoms. The second-order valence-electron chi connectivity index (χ2n) is 7.49. The minimum absolute atomic E-state index is 0.00121. The average Bonchev–Trinajstić information content (AvgIpc) is 3.16. The highest BCUT2D eigenvalue weighted by Crippen LogP contribution is 2.44. The third-order valence-corrected chi connectivity index (χ3v) is 8.37. The fraction of sp³-hybridized carbons (Fsp3) is 0.273. The third-order valence-electron chi connectivity index (χ3n) is 5.15. The number of nitro groups is 1. The fourth-order valence-corrected chi connectivity index (χ4v) is 6.91. The Morgan fingerprint density at radius 3 is 2.31 bits per heavy atom. The summed E-state index contributed by atoms with van der Waals surface area (Å²) >= 11 is 18.9. The van der Waals surface area contributed by atoms with Gasteiger partial charge in [-0.05, 0) is 54.4 Å². The molecule has 0 bridgehead atoms. The van der Waals surface area contributed by atoms with Crippen LogP contribution in [0.3, 0.4) is 0 Å². The van der Waals surface area contributed by atoms with Gasteiger partial charge in [-0.15, -0.1) is 23.2 Å². The van der Waals surface area contributed by atoms with Crippen LogP contribution >= 0.6 is 46.1 Å². The second kappa shape index (κ2) is 11.7. The molecular formula is C22H22Cl3N3O5S2. The van der Waals surface area contributed by atoms with Crippen molar-refractivity contribution in [3.8, 4) is 5.75 Å².